The first kappa shape index (κ1) is 20.9. The Morgan fingerprint density at radius 2 is 1.67 bits per heavy atom. The number of halogens is 2. The SMILES string of the molecule is CN(c1nnc(-c2cc(F)c(-c3ccn[nH]3)cc2F)s1)C1CC(C)(C)NC(C)(C)C1. The number of aromatic nitrogens is 4. The first-order valence-electron chi connectivity index (χ1n) is 9.89. The Balaban J connectivity index is 1.61. The number of rotatable bonds is 4. The van der Waals surface area contributed by atoms with Crippen molar-refractivity contribution in [2.24, 2.45) is 0 Å². The van der Waals surface area contributed by atoms with Crippen LogP contribution in [0.15, 0.2) is 24.4 Å². The second-order valence-electron chi connectivity index (χ2n) is 9.24. The van der Waals surface area contributed by atoms with Gasteiger partial charge in [0.15, 0.2) is 5.01 Å². The molecule has 30 heavy (non-hydrogen) atoms. The fraction of sp³-hybridized carbons (Fsp3) is 0.476. The third-order valence-electron chi connectivity index (χ3n) is 5.51. The van der Waals surface area contributed by atoms with Crippen LogP contribution in [0, 0.1) is 11.6 Å². The summed E-state index contributed by atoms with van der Waals surface area (Å²) in [6, 6.07) is 4.20. The largest absolute Gasteiger partial charge is 0.347 e. The molecular formula is C21H26F2N6S. The molecule has 1 aliphatic heterocycles. The van der Waals surface area contributed by atoms with E-state index in [0.717, 1.165) is 12.8 Å². The number of H-pyrrole nitrogens is 1. The highest BCUT2D eigenvalue weighted by Crippen LogP contribution is 2.37. The maximum absolute atomic E-state index is 14.8. The number of aromatic amines is 1. The van der Waals surface area contributed by atoms with E-state index in [9.17, 15) is 8.78 Å². The summed E-state index contributed by atoms with van der Waals surface area (Å²) in [6.07, 6.45) is 3.39. The summed E-state index contributed by atoms with van der Waals surface area (Å²) in [4.78, 5) is 2.11. The minimum absolute atomic E-state index is 0.00800. The van der Waals surface area contributed by atoms with Crippen molar-refractivity contribution in [2.75, 3.05) is 11.9 Å². The second-order valence-corrected chi connectivity index (χ2v) is 10.2. The maximum atomic E-state index is 14.8. The molecule has 1 aliphatic rings. The summed E-state index contributed by atoms with van der Waals surface area (Å²) < 4.78 is 29.4. The lowest BCUT2D eigenvalue weighted by molar-refractivity contribution is 0.161. The fourth-order valence-corrected chi connectivity index (χ4v) is 5.38. The molecule has 3 heterocycles. The molecule has 0 bridgehead atoms. The van der Waals surface area contributed by atoms with Crippen molar-refractivity contribution in [1.29, 1.82) is 0 Å². The summed E-state index contributed by atoms with van der Waals surface area (Å²) in [7, 11) is 1.99. The van der Waals surface area contributed by atoms with Gasteiger partial charge in [0, 0.05) is 35.9 Å². The van der Waals surface area contributed by atoms with E-state index in [4.69, 9.17) is 0 Å². The number of benzene rings is 1. The van der Waals surface area contributed by atoms with E-state index in [2.05, 4.69) is 58.3 Å². The molecule has 0 radical (unpaired) electrons. The molecule has 2 aromatic heterocycles. The molecule has 1 aromatic carbocycles. The van der Waals surface area contributed by atoms with Crippen LogP contribution in [0.3, 0.4) is 0 Å². The second kappa shape index (κ2) is 7.39. The van der Waals surface area contributed by atoms with Crippen LogP contribution in [0.2, 0.25) is 0 Å². The van der Waals surface area contributed by atoms with Gasteiger partial charge in [-0.25, -0.2) is 8.78 Å². The van der Waals surface area contributed by atoms with E-state index in [-0.39, 0.29) is 28.2 Å². The highest BCUT2D eigenvalue weighted by atomic mass is 32.1. The Hall–Kier alpha value is -2.39. The topological polar surface area (TPSA) is 69.7 Å². The standard InChI is InChI=1S/C21H26F2N6S/c1-20(2)10-12(11-21(3,4)28-20)29(5)19-27-26-18(30-19)14-9-15(22)13(8-16(14)23)17-6-7-24-25-17/h6-9,12,28H,10-11H2,1-5H3,(H,24,25). The average Bonchev–Trinajstić information content (AvgIpc) is 3.31. The average molecular weight is 433 g/mol. The van der Waals surface area contributed by atoms with Gasteiger partial charge in [0.25, 0.3) is 0 Å². The lowest BCUT2D eigenvalue weighted by atomic mass is 9.79. The first-order valence-corrected chi connectivity index (χ1v) is 10.7. The Kier molecular flexibility index (Phi) is 5.14. The van der Waals surface area contributed by atoms with Gasteiger partial charge in [-0.3, -0.25) is 5.10 Å². The van der Waals surface area contributed by atoms with Crippen molar-refractivity contribution < 1.29 is 8.78 Å². The molecule has 1 saturated heterocycles. The molecule has 160 valence electrons. The molecular weight excluding hydrogens is 406 g/mol. The van der Waals surface area contributed by atoms with Crippen molar-refractivity contribution in [3.05, 3.63) is 36.0 Å². The Morgan fingerprint density at radius 3 is 2.30 bits per heavy atom. The molecule has 0 saturated carbocycles. The van der Waals surface area contributed by atoms with Gasteiger partial charge in [-0.15, -0.1) is 10.2 Å². The van der Waals surface area contributed by atoms with Gasteiger partial charge in [0.1, 0.15) is 11.6 Å². The van der Waals surface area contributed by atoms with Crippen LogP contribution in [0.25, 0.3) is 21.8 Å². The lowest BCUT2D eigenvalue weighted by Crippen LogP contribution is -2.61. The molecule has 0 spiro atoms. The molecule has 2 N–H and O–H groups in total. The Morgan fingerprint density at radius 1 is 1.03 bits per heavy atom. The molecule has 0 unspecified atom stereocenters. The van der Waals surface area contributed by atoms with Gasteiger partial charge in [-0.1, -0.05) is 11.3 Å². The van der Waals surface area contributed by atoms with Crippen LogP contribution in [-0.4, -0.2) is 44.6 Å². The van der Waals surface area contributed by atoms with Gasteiger partial charge >= 0.3 is 0 Å². The zero-order valence-corrected chi connectivity index (χ0v) is 18.6. The first-order chi connectivity index (χ1) is 14.0. The van der Waals surface area contributed by atoms with Gasteiger partial charge in [-0.2, -0.15) is 5.10 Å². The van der Waals surface area contributed by atoms with Crippen LogP contribution in [-0.2, 0) is 0 Å². The van der Waals surface area contributed by atoms with Crippen molar-refractivity contribution >= 4 is 16.5 Å². The summed E-state index contributed by atoms with van der Waals surface area (Å²) in [5.41, 5.74) is 0.651. The van der Waals surface area contributed by atoms with E-state index in [0.29, 0.717) is 15.8 Å². The third-order valence-corrected chi connectivity index (χ3v) is 6.56. The number of piperidine rings is 1. The minimum Gasteiger partial charge on any atom is -0.347 e. The van der Waals surface area contributed by atoms with Crippen molar-refractivity contribution in [2.45, 2.75) is 57.7 Å². The highest BCUT2D eigenvalue weighted by Gasteiger charge is 2.39. The highest BCUT2D eigenvalue weighted by molar-refractivity contribution is 7.18. The zero-order valence-electron chi connectivity index (χ0n) is 17.8. The molecule has 6 nitrogen and oxygen atoms in total. The van der Waals surface area contributed by atoms with Gasteiger partial charge in [0.05, 0.1) is 11.3 Å². The smallest absolute Gasteiger partial charge is 0.208 e. The van der Waals surface area contributed by atoms with Crippen LogP contribution in [0.4, 0.5) is 13.9 Å². The number of nitrogens with zero attached hydrogens (tertiary/aromatic N) is 4. The Bertz CT molecular complexity index is 1030. The van der Waals surface area contributed by atoms with Crippen LogP contribution in [0.5, 0.6) is 0 Å². The fourth-order valence-electron chi connectivity index (χ4n) is 4.49. The molecule has 3 aromatic rings. The summed E-state index contributed by atoms with van der Waals surface area (Å²) >= 11 is 1.27. The summed E-state index contributed by atoms with van der Waals surface area (Å²) in [6.45, 7) is 8.78. The van der Waals surface area contributed by atoms with E-state index >= 15 is 0 Å². The molecule has 1 fully saturated rings. The third kappa shape index (κ3) is 4.09. The quantitative estimate of drug-likeness (QED) is 0.630. The number of hydrogen-bond acceptors (Lipinski definition) is 6. The summed E-state index contributed by atoms with van der Waals surface area (Å²) in [5, 5.41) is 19.6. The van der Waals surface area contributed by atoms with Crippen LogP contribution >= 0.6 is 11.3 Å². The van der Waals surface area contributed by atoms with Crippen molar-refractivity contribution in [3.8, 4) is 21.8 Å². The number of nitrogens with one attached hydrogen (secondary N) is 2. The van der Waals surface area contributed by atoms with Crippen molar-refractivity contribution in [3.63, 3.8) is 0 Å². The molecule has 0 amide bonds. The van der Waals surface area contributed by atoms with Gasteiger partial charge < -0.3 is 10.2 Å². The van der Waals surface area contributed by atoms with Crippen LogP contribution in [0.1, 0.15) is 40.5 Å². The molecule has 0 atom stereocenters. The minimum atomic E-state index is -0.546. The zero-order chi connectivity index (χ0) is 21.7. The van der Waals surface area contributed by atoms with Crippen LogP contribution < -0.4 is 10.2 Å². The van der Waals surface area contributed by atoms with Gasteiger partial charge in [-0.05, 0) is 58.7 Å². The normalized spacial score (nSPS) is 18.5. The van der Waals surface area contributed by atoms with Crippen molar-refractivity contribution in [1.82, 2.24) is 25.7 Å². The van der Waals surface area contributed by atoms with E-state index in [1.54, 1.807) is 6.07 Å². The summed E-state index contributed by atoms with van der Waals surface area (Å²) in [5.74, 6) is -1.09. The molecule has 0 aliphatic carbocycles. The van der Waals surface area contributed by atoms with Gasteiger partial charge in [0.2, 0.25) is 5.13 Å². The Labute approximate surface area is 178 Å². The van der Waals surface area contributed by atoms with E-state index in [1.165, 1.54) is 29.7 Å². The number of hydrogen-bond donors (Lipinski definition) is 2. The van der Waals surface area contributed by atoms with E-state index in [1.807, 2.05) is 7.05 Å². The predicted octanol–water partition coefficient (Wildman–Crippen LogP) is 4.62. The van der Waals surface area contributed by atoms with E-state index < -0.39 is 11.6 Å². The molecule has 4 rings (SSSR count). The molecule has 9 heteroatoms. The number of anilines is 1. The predicted molar refractivity (Wildman–Crippen MR) is 116 cm³/mol. The monoisotopic (exact) mass is 432 g/mol. The lowest BCUT2D eigenvalue weighted by Gasteiger charge is -2.48. The maximum Gasteiger partial charge on any atom is 0.208 e.